The number of nitrogens with zero attached hydrogens (tertiary/aromatic N) is 2. The predicted molar refractivity (Wildman–Crippen MR) is 83.9 cm³/mol. The summed E-state index contributed by atoms with van der Waals surface area (Å²) in [5.74, 6) is -0.847. The number of aromatic nitrogens is 1. The monoisotopic (exact) mass is 330 g/mol. The number of allylic oxidation sites excluding steroid dienone is 1. The maximum Gasteiger partial charge on any atom is 0.265 e. The number of hydrogen-bond acceptors (Lipinski definition) is 5. The Hall–Kier alpha value is -2.67. The van der Waals surface area contributed by atoms with Gasteiger partial charge in [0.1, 0.15) is 5.70 Å². The number of pyridine rings is 1. The van der Waals surface area contributed by atoms with Crippen molar-refractivity contribution >= 4 is 21.6 Å². The van der Waals surface area contributed by atoms with Gasteiger partial charge in [-0.2, -0.15) is 0 Å². The molecule has 118 valence electrons. The first-order chi connectivity index (χ1) is 10.9. The van der Waals surface area contributed by atoms with Gasteiger partial charge < -0.3 is 5.11 Å². The lowest BCUT2D eigenvalue weighted by Crippen LogP contribution is -2.35. The van der Waals surface area contributed by atoms with Gasteiger partial charge >= 0.3 is 0 Å². The van der Waals surface area contributed by atoms with Gasteiger partial charge in [-0.3, -0.25) is 14.1 Å². The molecule has 6 nitrogen and oxygen atoms in total. The zero-order chi connectivity index (χ0) is 16.6. The van der Waals surface area contributed by atoms with E-state index in [2.05, 4.69) is 4.98 Å². The molecule has 0 saturated heterocycles. The maximum absolute atomic E-state index is 12.5. The number of Topliss-reactive ketones (excluding diaryl/α,β-unsaturated/α-hetero) is 1. The molecule has 0 atom stereocenters. The minimum Gasteiger partial charge on any atom is -0.505 e. The van der Waals surface area contributed by atoms with Crippen molar-refractivity contribution < 1.29 is 18.3 Å². The van der Waals surface area contributed by atoms with Gasteiger partial charge in [-0.25, -0.2) is 8.42 Å². The highest BCUT2D eigenvalue weighted by molar-refractivity contribution is 7.89. The van der Waals surface area contributed by atoms with Crippen LogP contribution in [-0.4, -0.2) is 35.6 Å². The first-order valence-electron chi connectivity index (χ1n) is 6.87. The lowest BCUT2D eigenvalue weighted by molar-refractivity contribution is -0.115. The number of hydrogen-bond donors (Lipinski definition) is 1. The summed E-state index contributed by atoms with van der Waals surface area (Å²) >= 11 is 0. The van der Waals surface area contributed by atoms with Crippen LogP contribution in [0.25, 0.3) is 5.76 Å². The van der Waals surface area contributed by atoms with Gasteiger partial charge in [0, 0.05) is 24.5 Å². The van der Waals surface area contributed by atoms with E-state index in [-0.39, 0.29) is 28.3 Å². The Morgan fingerprint density at radius 1 is 1.17 bits per heavy atom. The van der Waals surface area contributed by atoms with E-state index in [9.17, 15) is 18.3 Å². The van der Waals surface area contributed by atoms with E-state index in [4.69, 9.17) is 0 Å². The Labute approximate surface area is 133 Å². The molecule has 0 fully saturated rings. The van der Waals surface area contributed by atoms with Crippen LogP contribution in [0.4, 0.5) is 0 Å². The minimum absolute atomic E-state index is 0.0191. The van der Waals surface area contributed by atoms with Gasteiger partial charge in [0.05, 0.1) is 11.3 Å². The maximum atomic E-state index is 12.5. The lowest BCUT2D eigenvalue weighted by Gasteiger charge is -2.28. The Morgan fingerprint density at radius 2 is 1.87 bits per heavy atom. The molecule has 23 heavy (non-hydrogen) atoms. The number of aliphatic hydroxyl groups is 1. The van der Waals surface area contributed by atoms with E-state index in [1.807, 2.05) is 0 Å². The molecule has 1 aromatic carbocycles. The highest BCUT2D eigenvalue weighted by Crippen LogP contribution is 2.34. The van der Waals surface area contributed by atoms with E-state index in [1.165, 1.54) is 19.2 Å². The van der Waals surface area contributed by atoms with Gasteiger partial charge in [-0.1, -0.05) is 18.2 Å². The molecule has 0 unspecified atom stereocenters. The fraction of sp³-hybridized carbons (Fsp3) is 0.125. The van der Waals surface area contributed by atoms with Crippen LogP contribution in [0.15, 0.2) is 59.3 Å². The molecule has 7 heteroatoms. The summed E-state index contributed by atoms with van der Waals surface area (Å²) in [6.07, 6.45) is 1.45. The summed E-state index contributed by atoms with van der Waals surface area (Å²) in [4.78, 5) is 16.6. The first kappa shape index (κ1) is 15.2. The largest absolute Gasteiger partial charge is 0.505 e. The molecule has 0 saturated carbocycles. The van der Waals surface area contributed by atoms with Crippen molar-refractivity contribution in [3.05, 3.63) is 65.6 Å². The number of sulfonamides is 1. The molecule has 1 aromatic heterocycles. The Bertz CT molecular complexity index is 905. The molecular formula is C16H14N2O4S. The summed E-state index contributed by atoms with van der Waals surface area (Å²) in [5, 5.41) is 10.4. The van der Waals surface area contributed by atoms with E-state index in [1.54, 1.807) is 36.5 Å². The SMILES string of the molecule is CN1C(C(=O)Cc2ccccn2)=C(O)c2ccccc2S1(=O)=O. The van der Waals surface area contributed by atoms with Crippen LogP contribution in [-0.2, 0) is 21.2 Å². The second kappa shape index (κ2) is 5.51. The van der Waals surface area contributed by atoms with Crippen molar-refractivity contribution in [2.45, 2.75) is 11.3 Å². The number of fused-ring (bicyclic) bond motifs is 1. The molecule has 1 aliphatic heterocycles. The van der Waals surface area contributed by atoms with E-state index >= 15 is 0 Å². The highest BCUT2D eigenvalue weighted by Gasteiger charge is 2.37. The standard InChI is InChI=1S/C16H14N2O4S/c1-18-15(13(19)10-11-6-4-5-9-17-11)16(20)12-7-2-3-8-14(12)23(18,21)22/h2-9,20H,10H2,1H3. The summed E-state index contributed by atoms with van der Waals surface area (Å²) in [7, 11) is -2.61. The van der Waals surface area contributed by atoms with Crippen molar-refractivity contribution in [2.24, 2.45) is 0 Å². The molecular weight excluding hydrogens is 316 g/mol. The minimum atomic E-state index is -3.87. The third-order valence-electron chi connectivity index (χ3n) is 3.65. The molecule has 1 aliphatic rings. The van der Waals surface area contributed by atoms with Crippen LogP contribution in [0.2, 0.25) is 0 Å². The van der Waals surface area contributed by atoms with Gasteiger partial charge in [0.2, 0.25) is 0 Å². The molecule has 2 heterocycles. The zero-order valence-electron chi connectivity index (χ0n) is 12.3. The molecule has 1 N–H and O–H groups in total. The fourth-order valence-corrected chi connectivity index (χ4v) is 3.91. The van der Waals surface area contributed by atoms with Crippen LogP contribution in [0.1, 0.15) is 11.3 Å². The zero-order valence-corrected chi connectivity index (χ0v) is 13.1. The van der Waals surface area contributed by atoms with Crippen molar-refractivity contribution in [2.75, 3.05) is 7.05 Å². The van der Waals surface area contributed by atoms with E-state index < -0.39 is 15.8 Å². The number of ketones is 1. The number of aliphatic hydroxyl groups excluding tert-OH is 1. The average Bonchev–Trinajstić information content (AvgIpc) is 2.54. The number of benzene rings is 1. The normalized spacial score (nSPS) is 16.1. The quantitative estimate of drug-likeness (QED) is 0.926. The average molecular weight is 330 g/mol. The van der Waals surface area contributed by atoms with Crippen molar-refractivity contribution in [3.8, 4) is 0 Å². The number of rotatable bonds is 3. The second-order valence-corrected chi connectivity index (χ2v) is 7.02. The molecule has 0 aliphatic carbocycles. The molecule has 0 bridgehead atoms. The highest BCUT2D eigenvalue weighted by atomic mass is 32.2. The molecule has 2 aromatic rings. The van der Waals surface area contributed by atoms with E-state index in [0.717, 1.165) is 4.31 Å². The lowest BCUT2D eigenvalue weighted by atomic mass is 10.1. The molecule has 0 spiro atoms. The Kier molecular flexibility index (Phi) is 3.65. The van der Waals surface area contributed by atoms with Gasteiger partial charge in [-0.15, -0.1) is 0 Å². The van der Waals surface area contributed by atoms with Crippen LogP contribution in [0.3, 0.4) is 0 Å². The van der Waals surface area contributed by atoms with Crippen LogP contribution in [0, 0.1) is 0 Å². The Morgan fingerprint density at radius 3 is 2.57 bits per heavy atom. The topological polar surface area (TPSA) is 87.6 Å². The van der Waals surface area contributed by atoms with Crippen LogP contribution in [0.5, 0.6) is 0 Å². The third kappa shape index (κ3) is 2.49. The van der Waals surface area contributed by atoms with Crippen molar-refractivity contribution in [1.82, 2.24) is 9.29 Å². The van der Waals surface area contributed by atoms with Crippen LogP contribution < -0.4 is 0 Å². The smallest absolute Gasteiger partial charge is 0.265 e. The van der Waals surface area contributed by atoms with Crippen LogP contribution >= 0.6 is 0 Å². The molecule has 3 rings (SSSR count). The summed E-state index contributed by atoms with van der Waals surface area (Å²) in [6.45, 7) is 0. The number of carbonyl (C=O) groups is 1. The fourth-order valence-electron chi connectivity index (χ4n) is 2.49. The summed E-state index contributed by atoms with van der Waals surface area (Å²) in [6, 6.07) is 11.2. The van der Waals surface area contributed by atoms with Gasteiger partial charge in [0.15, 0.2) is 11.5 Å². The molecule has 0 amide bonds. The summed E-state index contributed by atoms with van der Waals surface area (Å²) < 4.78 is 25.9. The number of likely N-dealkylation sites (N-methyl/N-ethyl adjacent to an activating group) is 1. The predicted octanol–water partition coefficient (Wildman–Crippen LogP) is 1.75. The van der Waals surface area contributed by atoms with Crippen molar-refractivity contribution in [1.29, 1.82) is 0 Å². The van der Waals surface area contributed by atoms with Crippen molar-refractivity contribution in [3.63, 3.8) is 0 Å². The molecule has 0 radical (unpaired) electrons. The Balaban J connectivity index is 2.09. The van der Waals surface area contributed by atoms with Gasteiger partial charge in [-0.05, 0) is 24.3 Å². The van der Waals surface area contributed by atoms with E-state index in [0.29, 0.717) is 5.69 Å². The summed E-state index contributed by atoms with van der Waals surface area (Å²) in [5.41, 5.74) is 0.395. The third-order valence-corrected chi connectivity index (χ3v) is 5.47. The van der Waals surface area contributed by atoms with Gasteiger partial charge in [0.25, 0.3) is 10.0 Å². The second-order valence-electron chi connectivity index (χ2n) is 5.09. The first-order valence-corrected chi connectivity index (χ1v) is 8.31. The number of carbonyl (C=O) groups excluding carboxylic acids is 1.